The Balaban J connectivity index is 1.40. The van der Waals surface area contributed by atoms with Crippen LogP contribution in [-0.2, 0) is 23.4 Å². The highest BCUT2D eigenvalue weighted by molar-refractivity contribution is 6.77. The summed E-state index contributed by atoms with van der Waals surface area (Å²) in [5, 5.41) is 21.1. The lowest BCUT2D eigenvalue weighted by Crippen LogP contribution is -2.57. The zero-order valence-electron chi connectivity index (χ0n) is 33.5. The minimum atomic E-state index is -2.18. The van der Waals surface area contributed by atoms with Crippen LogP contribution in [0.1, 0.15) is 128 Å². The molecule has 11 atom stereocenters. The summed E-state index contributed by atoms with van der Waals surface area (Å²) in [6, 6.07) is 0. The van der Waals surface area contributed by atoms with Crippen molar-refractivity contribution in [2.24, 2.45) is 35.5 Å². The fourth-order valence-corrected chi connectivity index (χ4v) is 16.0. The van der Waals surface area contributed by atoms with Crippen molar-refractivity contribution in [3.05, 3.63) is 35.5 Å². The van der Waals surface area contributed by atoms with Gasteiger partial charge in [0.25, 0.3) is 0 Å². The van der Waals surface area contributed by atoms with Crippen molar-refractivity contribution in [2.75, 3.05) is 6.61 Å². The standard InChI is InChI=1S/C42H72O7Si/c1-25(2)38-31(11)18-19-42(48-38)23-34(43)22-35(47-42)17-16-30(10)20-29(9)14-13-15-33-24-46-40-37(33)36(41(44)45)21-32(12)39(40)49-50(26(3)4,27(5)6)28(7)8/h13-16,25-29,31-32,34-40,43H,17-24H2,1-12H3,(H,44,45)/b14-13+,30-16+,33-15+/t29-,31-,32-,34-,35+,36+,37?,38+,39-,40-,42?/m0/s1. The summed E-state index contributed by atoms with van der Waals surface area (Å²) >= 11 is 0. The van der Waals surface area contributed by atoms with E-state index in [1.165, 1.54) is 5.57 Å². The second kappa shape index (κ2) is 17.2. The van der Waals surface area contributed by atoms with E-state index in [-0.39, 0.29) is 36.3 Å². The van der Waals surface area contributed by atoms with Gasteiger partial charge in [-0.15, -0.1) is 0 Å². The van der Waals surface area contributed by atoms with E-state index in [4.69, 9.17) is 18.6 Å². The fourth-order valence-electron chi connectivity index (χ4n) is 10.4. The van der Waals surface area contributed by atoms with Gasteiger partial charge < -0.3 is 28.8 Å². The molecule has 4 aliphatic rings. The fraction of sp³-hybridized carbons (Fsp3) is 0.833. The Morgan fingerprint density at radius 2 is 1.66 bits per heavy atom. The third-order valence-electron chi connectivity index (χ3n) is 12.7. The highest BCUT2D eigenvalue weighted by atomic mass is 28.4. The van der Waals surface area contributed by atoms with Gasteiger partial charge in [0, 0.05) is 25.2 Å². The van der Waals surface area contributed by atoms with Crippen LogP contribution in [0.3, 0.4) is 0 Å². The number of ether oxygens (including phenoxy) is 3. The quantitative estimate of drug-likeness (QED) is 0.145. The lowest BCUT2D eigenvalue weighted by Gasteiger charge is -2.50. The predicted octanol–water partition coefficient (Wildman–Crippen LogP) is 9.86. The van der Waals surface area contributed by atoms with Crippen LogP contribution in [0.4, 0.5) is 0 Å². The number of aliphatic hydroxyl groups is 1. The van der Waals surface area contributed by atoms with Crippen molar-refractivity contribution >= 4 is 14.3 Å². The molecule has 3 saturated heterocycles. The third-order valence-corrected chi connectivity index (χ3v) is 18.8. The summed E-state index contributed by atoms with van der Waals surface area (Å²) in [4.78, 5) is 12.6. The van der Waals surface area contributed by atoms with Gasteiger partial charge >= 0.3 is 5.97 Å². The minimum Gasteiger partial charge on any atom is -0.481 e. The lowest BCUT2D eigenvalue weighted by molar-refractivity contribution is -0.339. The van der Waals surface area contributed by atoms with Gasteiger partial charge in [0.15, 0.2) is 5.79 Å². The number of aliphatic carboxylic acids is 1. The second-order valence-electron chi connectivity index (χ2n) is 18.0. The number of rotatable bonds is 13. The van der Waals surface area contributed by atoms with Crippen molar-refractivity contribution in [3.63, 3.8) is 0 Å². The molecule has 1 saturated carbocycles. The first-order valence-corrected chi connectivity index (χ1v) is 22.1. The summed E-state index contributed by atoms with van der Waals surface area (Å²) in [5.74, 6) is -0.687. The van der Waals surface area contributed by atoms with Crippen molar-refractivity contribution in [1.29, 1.82) is 0 Å². The Morgan fingerprint density at radius 1 is 1.00 bits per heavy atom. The zero-order chi connectivity index (χ0) is 37.1. The molecule has 286 valence electrons. The monoisotopic (exact) mass is 717 g/mol. The van der Waals surface area contributed by atoms with Gasteiger partial charge in [-0.2, -0.15) is 0 Å². The van der Waals surface area contributed by atoms with E-state index in [2.05, 4.69) is 107 Å². The van der Waals surface area contributed by atoms with Crippen LogP contribution >= 0.6 is 0 Å². The first kappa shape index (κ1) is 41.5. The molecule has 7 nitrogen and oxygen atoms in total. The maximum atomic E-state index is 12.6. The minimum absolute atomic E-state index is 0.0524. The van der Waals surface area contributed by atoms with E-state index in [1.807, 2.05) is 0 Å². The van der Waals surface area contributed by atoms with Crippen LogP contribution in [0, 0.1) is 35.5 Å². The summed E-state index contributed by atoms with van der Waals surface area (Å²) in [6.45, 7) is 27.5. The van der Waals surface area contributed by atoms with Crippen molar-refractivity contribution in [2.45, 2.75) is 181 Å². The smallest absolute Gasteiger partial charge is 0.307 e. The highest BCUT2D eigenvalue weighted by Crippen LogP contribution is 2.50. The first-order valence-electron chi connectivity index (χ1n) is 20.0. The molecule has 8 heteroatoms. The summed E-state index contributed by atoms with van der Waals surface area (Å²) in [5.41, 5.74) is 3.74. The van der Waals surface area contributed by atoms with Crippen LogP contribution in [0.25, 0.3) is 0 Å². The summed E-state index contributed by atoms with van der Waals surface area (Å²) in [6.07, 6.45) is 13.5. The molecule has 1 spiro atoms. The molecule has 50 heavy (non-hydrogen) atoms. The number of carbonyl (C=O) groups is 1. The SMILES string of the molecule is C/C(=C\C[C@@H]1C[C@H](O)CC2(CC[C@H](C)[C@@H](C(C)C)O2)O1)C[C@@H](C)/C=C/C=C1\CO[C@H]2C1[C@H](C(=O)O)C[C@H](C)[C@@H]2O[Si](C(C)C)(C(C)C)C(C)C. The van der Waals surface area contributed by atoms with Crippen molar-refractivity contribution < 1.29 is 33.6 Å². The van der Waals surface area contributed by atoms with Gasteiger partial charge in [0.1, 0.15) is 0 Å². The molecule has 3 heterocycles. The third kappa shape index (κ3) is 9.25. The number of allylic oxidation sites excluding steroid dienone is 4. The molecule has 0 bridgehead atoms. The van der Waals surface area contributed by atoms with E-state index in [9.17, 15) is 15.0 Å². The van der Waals surface area contributed by atoms with Crippen LogP contribution in [-0.4, -0.2) is 67.4 Å². The van der Waals surface area contributed by atoms with Gasteiger partial charge in [0.2, 0.25) is 8.32 Å². The van der Waals surface area contributed by atoms with Gasteiger partial charge in [-0.05, 0) is 78.5 Å². The van der Waals surface area contributed by atoms with E-state index >= 15 is 0 Å². The molecule has 2 N–H and O–H groups in total. The Kier molecular flexibility index (Phi) is 14.3. The van der Waals surface area contributed by atoms with Gasteiger partial charge in [-0.1, -0.05) is 106 Å². The number of hydrogen-bond donors (Lipinski definition) is 2. The molecule has 1 aliphatic carbocycles. The first-order chi connectivity index (χ1) is 23.4. The Morgan fingerprint density at radius 3 is 2.26 bits per heavy atom. The van der Waals surface area contributed by atoms with Crippen molar-refractivity contribution in [1.82, 2.24) is 0 Å². The molecule has 4 fully saturated rings. The molecule has 4 rings (SSSR count). The molecule has 0 aromatic rings. The van der Waals surface area contributed by atoms with Crippen LogP contribution in [0.2, 0.25) is 16.6 Å². The molecule has 0 aromatic carbocycles. The maximum Gasteiger partial charge on any atom is 0.307 e. The Hall–Kier alpha value is -1.29. The number of hydrogen-bond acceptors (Lipinski definition) is 6. The molecular formula is C42H72O7Si. The number of aliphatic hydroxyl groups excluding tert-OH is 1. The lowest BCUT2D eigenvalue weighted by atomic mass is 9.69. The van der Waals surface area contributed by atoms with Crippen LogP contribution < -0.4 is 0 Å². The average molecular weight is 717 g/mol. The van der Waals surface area contributed by atoms with Crippen molar-refractivity contribution in [3.8, 4) is 0 Å². The second-order valence-corrected chi connectivity index (χ2v) is 23.4. The molecule has 2 unspecified atom stereocenters. The molecule has 0 aromatic heterocycles. The van der Waals surface area contributed by atoms with Gasteiger partial charge in [0.05, 0.1) is 43.0 Å². The normalized spacial score (nSPS) is 37.2. The van der Waals surface area contributed by atoms with Crippen LogP contribution in [0.15, 0.2) is 35.5 Å². The summed E-state index contributed by atoms with van der Waals surface area (Å²) < 4.78 is 27.0. The van der Waals surface area contributed by atoms with E-state index < -0.39 is 32.1 Å². The zero-order valence-corrected chi connectivity index (χ0v) is 34.5. The molecule has 3 aliphatic heterocycles. The Bertz CT molecular complexity index is 1200. The molecular weight excluding hydrogens is 645 g/mol. The van der Waals surface area contributed by atoms with Gasteiger partial charge in [-0.25, -0.2) is 0 Å². The molecule has 0 radical (unpaired) electrons. The van der Waals surface area contributed by atoms with E-state index in [0.29, 0.717) is 60.2 Å². The van der Waals surface area contributed by atoms with Gasteiger partial charge in [-0.3, -0.25) is 4.79 Å². The maximum absolute atomic E-state index is 12.6. The van der Waals surface area contributed by atoms with E-state index in [0.717, 1.165) is 31.3 Å². The number of carboxylic acid groups (broad SMARTS) is 1. The van der Waals surface area contributed by atoms with E-state index in [1.54, 1.807) is 0 Å². The predicted molar refractivity (Wildman–Crippen MR) is 204 cm³/mol. The Labute approximate surface area is 305 Å². The summed E-state index contributed by atoms with van der Waals surface area (Å²) in [7, 11) is -2.18. The van der Waals surface area contributed by atoms with Crippen LogP contribution in [0.5, 0.6) is 0 Å². The largest absolute Gasteiger partial charge is 0.481 e. The average Bonchev–Trinajstić information content (AvgIpc) is 3.43. The number of carboxylic acids is 1. The topological polar surface area (TPSA) is 94.5 Å². The number of fused-ring (bicyclic) bond motifs is 1. The highest BCUT2D eigenvalue weighted by Gasteiger charge is 2.56. The molecule has 0 amide bonds.